The predicted octanol–water partition coefficient (Wildman–Crippen LogP) is 1.27. The Bertz CT molecular complexity index is 103. The molecule has 0 spiro atoms. The molecule has 54 valence electrons. The fourth-order valence-electron chi connectivity index (χ4n) is 0.244. The molecule has 0 saturated carbocycles. The smallest absolute Gasteiger partial charge is 0.410 e. The third-order valence-corrected chi connectivity index (χ3v) is 0.717. The topological polar surface area (TPSA) is 29.5 Å². The summed E-state index contributed by atoms with van der Waals surface area (Å²) in [6, 6.07) is 0. The van der Waals surface area contributed by atoms with Crippen molar-refractivity contribution in [3.63, 3.8) is 0 Å². The molecule has 0 fully saturated rings. The van der Waals surface area contributed by atoms with Crippen LogP contribution in [0.15, 0.2) is 0 Å². The molecule has 0 radical (unpaired) electrons. The van der Waals surface area contributed by atoms with Crippen LogP contribution in [0, 0.1) is 0 Å². The summed E-state index contributed by atoms with van der Waals surface area (Å²) < 4.78 is 4.56. The average Bonchev–Trinajstić information content (AvgIpc) is 1.63. The van der Waals surface area contributed by atoms with E-state index in [-0.39, 0.29) is 0 Å². The number of hydrogen-bond donors (Lipinski definition) is 0. The third-order valence-electron chi connectivity index (χ3n) is 0.628. The maximum atomic E-state index is 10.6. The van der Waals surface area contributed by atoms with Crippen molar-refractivity contribution < 1.29 is 9.53 Å². The fourth-order valence-corrected chi connectivity index (χ4v) is 0.321. The first-order valence-electron chi connectivity index (χ1n) is 2.56. The second-order valence-corrected chi connectivity index (χ2v) is 2.44. The van der Waals surface area contributed by atoms with Gasteiger partial charge in [0.25, 0.3) is 0 Å². The second-order valence-electron chi connectivity index (χ2n) is 1.82. The Labute approximate surface area is 59.5 Å². The van der Waals surface area contributed by atoms with Crippen molar-refractivity contribution in [1.82, 2.24) is 4.90 Å². The van der Waals surface area contributed by atoms with Crippen LogP contribution in [0.1, 0.15) is 6.92 Å². The van der Waals surface area contributed by atoms with Crippen molar-refractivity contribution in [3.05, 3.63) is 0 Å². The highest BCUT2D eigenvalue weighted by Gasteiger charge is 2.06. The molecule has 4 heteroatoms. The molecule has 0 aromatic heterocycles. The molecular weight excluding hydrogens is 142 g/mol. The highest BCUT2D eigenvalue weighted by molar-refractivity contribution is 6.19. The van der Waals surface area contributed by atoms with Gasteiger partial charge in [0.1, 0.15) is 0 Å². The monoisotopic (exact) mass is 151 g/mol. The van der Waals surface area contributed by atoms with Gasteiger partial charge >= 0.3 is 6.09 Å². The van der Waals surface area contributed by atoms with E-state index in [1.807, 2.05) is 0 Å². The number of rotatable bonds is 1. The molecular formula is C5H10ClNO2. The summed E-state index contributed by atoms with van der Waals surface area (Å²) in [6.45, 7) is 1.59. The van der Waals surface area contributed by atoms with E-state index in [0.717, 1.165) is 0 Å². The molecule has 9 heavy (non-hydrogen) atoms. The zero-order valence-corrected chi connectivity index (χ0v) is 6.47. The summed E-state index contributed by atoms with van der Waals surface area (Å²) >= 11 is 5.35. The number of carbonyl (C=O) groups excluding carboxylic acids is 1. The van der Waals surface area contributed by atoms with Crippen LogP contribution < -0.4 is 0 Å². The van der Waals surface area contributed by atoms with Crippen molar-refractivity contribution in [1.29, 1.82) is 0 Å². The lowest BCUT2D eigenvalue weighted by atomic mass is 10.8. The van der Waals surface area contributed by atoms with Crippen LogP contribution >= 0.6 is 11.6 Å². The van der Waals surface area contributed by atoms with Gasteiger partial charge in [-0.2, -0.15) is 0 Å². The predicted molar refractivity (Wildman–Crippen MR) is 35.5 cm³/mol. The molecule has 0 saturated heterocycles. The first kappa shape index (κ1) is 8.56. The van der Waals surface area contributed by atoms with Gasteiger partial charge < -0.3 is 9.64 Å². The van der Waals surface area contributed by atoms with Crippen LogP contribution in [-0.4, -0.2) is 30.7 Å². The van der Waals surface area contributed by atoms with Crippen LogP contribution in [0.3, 0.4) is 0 Å². The molecule has 0 bridgehead atoms. The number of ether oxygens (including phenoxy) is 1. The van der Waals surface area contributed by atoms with E-state index < -0.39 is 11.7 Å². The summed E-state index contributed by atoms with van der Waals surface area (Å²) in [5.41, 5.74) is -0.556. The Kier molecular flexibility index (Phi) is 3.39. The standard InChI is InChI=1S/C5H10ClNO2/c1-4(6)9-5(8)7(2)3/h4H,1-3H3/t4-/m0/s1. The average molecular weight is 152 g/mol. The van der Waals surface area contributed by atoms with E-state index in [0.29, 0.717) is 0 Å². The zero-order valence-electron chi connectivity index (χ0n) is 5.72. The van der Waals surface area contributed by atoms with Crippen LogP contribution in [0.25, 0.3) is 0 Å². The molecule has 0 heterocycles. The van der Waals surface area contributed by atoms with E-state index in [1.165, 1.54) is 4.90 Å². The second kappa shape index (κ2) is 3.56. The summed E-state index contributed by atoms with van der Waals surface area (Å²) in [7, 11) is 3.20. The van der Waals surface area contributed by atoms with Crippen molar-refractivity contribution >= 4 is 17.7 Å². The Balaban J connectivity index is 3.51. The van der Waals surface area contributed by atoms with Crippen LogP contribution in [0.2, 0.25) is 0 Å². The SMILES string of the molecule is C[C@@H](Cl)OC(=O)N(C)C. The molecule has 3 nitrogen and oxygen atoms in total. The number of hydrogen-bond acceptors (Lipinski definition) is 2. The molecule has 0 aliphatic heterocycles. The molecule has 0 aromatic rings. The summed E-state index contributed by atoms with van der Waals surface area (Å²) in [6.07, 6.45) is -0.419. The number of nitrogens with zero attached hydrogens (tertiary/aromatic N) is 1. The minimum Gasteiger partial charge on any atom is -0.430 e. The number of carbonyl (C=O) groups is 1. The van der Waals surface area contributed by atoms with Gasteiger partial charge in [-0.3, -0.25) is 0 Å². The van der Waals surface area contributed by atoms with Gasteiger partial charge in [0.2, 0.25) is 0 Å². The van der Waals surface area contributed by atoms with Gasteiger partial charge in [-0.25, -0.2) is 4.79 Å². The highest BCUT2D eigenvalue weighted by Crippen LogP contribution is 1.97. The molecule has 0 aliphatic carbocycles. The largest absolute Gasteiger partial charge is 0.430 e. The lowest BCUT2D eigenvalue weighted by Gasteiger charge is -2.11. The van der Waals surface area contributed by atoms with E-state index in [1.54, 1.807) is 21.0 Å². The number of amides is 1. The summed E-state index contributed by atoms with van der Waals surface area (Å²) in [4.78, 5) is 11.9. The molecule has 1 amide bonds. The van der Waals surface area contributed by atoms with Crippen molar-refractivity contribution in [2.24, 2.45) is 0 Å². The van der Waals surface area contributed by atoms with Gasteiger partial charge in [-0.15, -0.1) is 0 Å². The molecule has 0 rings (SSSR count). The van der Waals surface area contributed by atoms with Gasteiger partial charge in [-0.05, 0) is 6.92 Å². The van der Waals surface area contributed by atoms with Gasteiger partial charge in [0, 0.05) is 14.1 Å². The van der Waals surface area contributed by atoms with Gasteiger partial charge in [0.15, 0.2) is 5.56 Å². The van der Waals surface area contributed by atoms with E-state index in [9.17, 15) is 4.79 Å². The minimum atomic E-state index is -0.556. The molecule has 0 aliphatic rings. The van der Waals surface area contributed by atoms with Gasteiger partial charge in [-0.1, -0.05) is 11.6 Å². The number of alkyl halides is 1. The minimum absolute atomic E-state index is 0.419. The maximum Gasteiger partial charge on any atom is 0.410 e. The highest BCUT2D eigenvalue weighted by atomic mass is 35.5. The summed E-state index contributed by atoms with van der Waals surface area (Å²) in [5, 5.41) is 0. The molecule has 0 unspecified atom stereocenters. The Morgan fingerprint density at radius 2 is 2.11 bits per heavy atom. The normalized spacial score (nSPS) is 12.4. The lowest BCUT2D eigenvalue weighted by molar-refractivity contribution is 0.111. The van der Waals surface area contributed by atoms with Crippen LogP contribution in [0.5, 0.6) is 0 Å². The fraction of sp³-hybridized carbons (Fsp3) is 0.800. The summed E-state index contributed by atoms with van der Waals surface area (Å²) in [5.74, 6) is 0. The van der Waals surface area contributed by atoms with E-state index >= 15 is 0 Å². The van der Waals surface area contributed by atoms with E-state index in [4.69, 9.17) is 11.6 Å². The van der Waals surface area contributed by atoms with Crippen LogP contribution in [0.4, 0.5) is 4.79 Å². The first-order valence-corrected chi connectivity index (χ1v) is 2.99. The van der Waals surface area contributed by atoms with E-state index in [2.05, 4.69) is 4.74 Å². The Morgan fingerprint density at radius 1 is 1.67 bits per heavy atom. The molecule has 0 aromatic carbocycles. The quantitative estimate of drug-likeness (QED) is 0.529. The maximum absolute atomic E-state index is 10.6. The van der Waals surface area contributed by atoms with Crippen molar-refractivity contribution in [2.75, 3.05) is 14.1 Å². The molecule has 1 atom stereocenters. The Morgan fingerprint density at radius 3 is 2.22 bits per heavy atom. The third kappa shape index (κ3) is 4.09. The van der Waals surface area contributed by atoms with Crippen LogP contribution in [-0.2, 0) is 4.74 Å². The first-order chi connectivity index (χ1) is 4.04. The zero-order chi connectivity index (χ0) is 7.44. The van der Waals surface area contributed by atoms with Crippen molar-refractivity contribution in [2.45, 2.75) is 12.5 Å². The lowest BCUT2D eigenvalue weighted by Crippen LogP contribution is -2.24. The molecule has 0 N–H and O–H groups in total. The Hall–Kier alpha value is -0.440. The van der Waals surface area contributed by atoms with Crippen molar-refractivity contribution in [3.8, 4) is 0 Å². The van der Waals surface area contributed by atoms with Gasteiger partial charge in [0.05, 0.1) is 0 Å². The number of halogens is 1.